The predicted octanol–water partition coefficient (Wildman–Crippen LogP) is -2.05. The molecule has 1 saturated carbocycles. The van der Waals surface area contributed by atoms with Crippen LogP contribution >= 0.6 is 0 Å². The van der Waals surface area contributed by atoms with Gasteiger partial charge >= 0.3 is 0 Å². The molecule has 0 spiro atoms. The third-order valence-corrected chi connectivity index (χ3v) is 2.02. The second-order valence-corrected chi connectivity index (χ2v) is 3.19. The summed E-state index contributed by atoms with van der Waals surface area (Å²) >= 11 is 0. The highest BCUT2D eigenvalue weighted by Crippen LogP contribution is 2.32. The van der Waals surface area contributed by atoms with E-state index in [0.717, 1.165) is 0 Å². The van der Waals surface area contributed by atoms with Crippen LogP contribution in [0.2, 0.25) is 0 Å². The second-order valence-electron chi connectivity index (χ2n) is 3.19. The van der Waals surface area contributed by atoms with Gasteiger partial charge < -0.3 is 21.3 Å². The minimum absolute atomic E-state index is 0.266. The topological polar surface area (TPSA) is 95.6 Å². The van der Waals surface area contributed by atoms with Gasteiger partial charge in [0.1, 0.15) is 0 Å². The Bertz CT molecular complexity index is 175. The van der Waals surface area contributed by atoms with Crippen molar-refractivity contribution in [3.05, 3.63) is 0 Å². The summed E-state index contributed by atoms with van der Waals surface area (Å²) in [4.78, 5) is 11.2. The fraction of sp³-hybridized carbons (Fsp3) is 0.857. The molecule has 0 radical (unpaired) electrons. The van der Waals surface area contributed by atoms with E-state index in [1.54, 1.807) is 0 Å². The fourth-order valence-electron chi connectivity index (χ4n) is 0.840. The maximum Gasteiger partial charge on any atom is 0.240 e. The van der Waals surface area contributed by atoms with Crippen LogP contribution in [0, 0.1) is 0 Å². The van der Waals surface area contributed by atoms with E-state index in [0.29, 0.717) is 12.8 Å². The zero-order chi connectivity index (χ0) is 9.19. The number of carbonyl (C=O) groups excluding carboxylic acids is 1. The maximum absolute atomic E-state index is 11.2. The normalized spacial score (nSPS) is 19.3. The number of amides is 1. The number of nitrogens with two attached hydrogens (primary N) is 1. The molecule has 0 aliphatic heterocycles. The molecule has 0 aromatic carbocycles. The van der Waals surface area contributed by atoms with Crippen LogP contribution < -0.4 is 11.1 Å². The molecule has 0 aromatic rings. The Labute approximate surface area is 70.6 Å². The third-order valence-electron chi connectivity index (χ3n) is 2.02. The molecule has 5 heteroatoms. The van der Waals surface area contributed by atoms with Crippen LogP contribution in [-0.4, -0.2) is 40.9 Å². The number of hydrogen-bond donors (Lipinski definition) is 4. The molecular weight excluding hydrogens is 160 g/mol. The molecule has 0 saturated heterocycles. The van der Waals surface area contributed by atoms with Gasteiger partial charge in [-0.1, -0.05) is 0 Å². The Kier molecular flexibility index (Phi) is 2.66. The standard InChI is InChI=1S/C7H14N2O3/c8-7(1-2-7)6(12)9-5(3-10)4-11/h5,10-11H,1-4,8H2,(H,9,12). The second kappa shape index (κ2) is 3.38. The summed E-state index contributed by atoms with van der Waals surface area (Å²) in [6.07, 6.45) is 1.37. The van der Waals surface area contributed by atoms with Crippen LogP contribution in [0.5, 0.6) is 0 Å². The zero-order valence-electron chi connectivity index (χ0n) is 6.79. The summed E-state index contributed by atoms with van der Waals surface area (Å²) in [5, 5.41) is 19.7. The van der Waals surface area contributed by atoms with E-state index in [9.17, 15) is 4.79 Å². The molecule has 0 bridgehead atoms. The highest BCUT2D eigenvalue weighted by Gasteiger charge is 2.46. The van der Waals surface area contributed by atoms with Crippen LogP contribution in [0.25, 0.3) is 0 Å². The lowest BCUT2D eigenvalue weighted by Crippen LogP contribution is -2.49. The van der Waals surface area contributed by atoms with Gasteiger partial charge in [0, 0.05) is 0 Å². The number of nitrogens with one attached hydrogen (secondary N) is 1. The van der Waals surface area contributed by atoms with E-state index in [1.807, 2.05) is 0 Å². The SMILES string of the molecule is NC1(C(=O)NC(CO)CO)CC1. The number of aliphatic hydroxyl groups excluding tert-OH is 2. The first-order valence-electron chi connectivity index (χ1n) is 3.94. The average molecular weight is 174 g/mol. The van der Waals surface area contributed by atoms with Gasteiger partial charge in [0.15, 0.2) is 0 Å². The Morgan fingerprint density at radius 1 is 1.50 bits per heavy atom. The van der Waals surface area contributed by atoms with Crippen LogP contribution in [-0.2, 0) is 4.79 Å². The van der Waals surface area contributed by atoms with Crippen molar-refractivity contribution >= 4 is 5.91 Å². The van der Waals surface area contributed by atoms with Crippen LogP contribution in [0.1, 0.15) is 12.8 Å². The molecule has 1 aliphatic carbocycles. The van der Waals surface area contributed by atoms with E-state index >= 15 is 0 Å². The summed E-state index contributed by atoms with van der Waals surface area (Å²) in [6, 6.07) is -0.585. The average Bonchev–Trinajstić information content (AvgIpc) is 2.80. The Balaban J connectivity index is 2.34. The first-order chi connectivity index (χ1) is 5.62. The lowest BCUT2D eigenvalue weighted by molar-refractivity contribution is -0.124. The predicted molar refractivity (Wildman–Crippen MR) is 42.3 cm³/mol. The molecule has 1 rings (SSSR count). The molecule has 1 fully saturated rings. The highest BCUT2D eigenvalue weighted by molar-refractivity contribution is 5.89. The largest absolute Gasteiger partial charge is 0.394 e. The molecule has 0 aromatic heterocycles. The quantitative estimate of drug-likeness (QED) is 0.394. The van der Waals surface area contributed by atoms with Gasteiger partial charge in [0.25, 0.3) is 0 Å². The maximum atomic E-state index is 11.2. The van der Waals surface area contributed by atoms with Gasteiger partial charge in [-0.3, -0.25) is 4.79 Å². The van der Waals surface area contributed by atoms with Crippen molar-refractivity contribution in [3.63, 3.8) is 0 Å². The van der Waals surface area contributed by atoms with E-state index in [4.69, 9.17) is 15.9 Å². The third kappa shape index (κ3) is 1.94. The Morgan fingerprint density at radius 2 is 2.00 bits per heavy atom. The Hall–Kier alpha value is -0.650. The van der Waals surface area contributed by atoms with Crippen molar-refractivity contribution in [1.82, 2.24) is 5.32 Å². The molecule has 0 unspecified atom stereocenters. The van der Waals surface area contributed by atoms with Crippen LogP contribution in [0.4, 0.5) is 0 Å². The van der Waals surface area contributed by atoms with Gasteiger partial charge in [0.2, 0.25) is 5.91 Å². The molecule has 12 heavy (non-hydrogen) atoms. The zero-order valence-corrected chi connectivity index (χ0v) is 6.79. The molecule has 0 atom stereocenters. The minimum Gasteiger partial charge on any atom is -0.394 e. The van der Waals surface area contributed by atoms with Gasteiger partial charge in [-0.05, 0) is 12.8 Å². The monoisotopic (exact) mass is 174 g/mol. The van der Waals surface area contributed by atoms with Crippen molar-refractivity contribution < 1.29 is 15.0 Å². The molecular formula is C7H14N2O3. The van der Waals surface area contributed by atoms with Crippen molar-refractivity contribution in [3.8, 4) is 0 Å². The number of hydrogen-bond acceptors (Lipinski definition) is 4. The van der Waals surface area contributed by atoms with Crippen molar-refractivity contribution in [2.75, 3.05) is 13.2 Å². The first kappa shape index (κ1) is 9.44. The number of rotatable bonds is 4. The van der Waals surface area contributed by atoms with Crippen molar-refractivity contribution in [2.24, 2.45) is 5.73 Å². The lowest BCUT2D eigenvalue weighted by Gasteiger charge is -2.16. The molecule has 70 valence electrons. The molecule has 5 nitrogen and oxygen atoms in total. The summed E-state index contributed by atoms with van der Waals surface area (Å²) < 4.78 is 0. The summed E-state index contributed by atoms with van der Waals surface area (Å²) in [7, 11) is 0. The number of aliphatic hydroxyl groups is 2. The van der Waals surface area contributed by atoms with Gasteiger partial charge in [-0.25, -0.2) is 0 Å². The van der Waals surface area contributed by atoms with E-state index in [1.165, 1.54) is 0 Å². The smallest absolute Gasteiger partial charge is 0.240 e. The summed E-state index contributed by atoms with van der Waals surface area (Å²) in [6.45, 7) is -0.531. The van der Waals surface area contributed by atoms with Crippen LogP contribution in [0.3, 0.4) is 0 Å². The van der Waals surface area contributed by atoms with Crippen LogP contribution in [0.15, 0.2) is 0 Å². The van der Waals surface area contributed by atoms with Crippen molar-refractivity contribution in [2.45, 2.75) is 24.4 Å². The van der Waals surface area contributed by atoms with Gasteiger partial charge in [0.05, 0.1) is 24.8 Å². The fourth-order valence-corrected chi connectivity index (χ4v) is 0.840. The van der Waals surface area contributed by atoms with Gasteiger partial charge in [-0.15, -0.1) is 0 Å². The minimum atomic E-state index is -0.734. The van der Waals surface area contributed by atoms with E-state index in [-0.39, 0.29) is 19.1 Å². The van der Waals surface area contributed by atoms with Crippen molar-refractivity contribution in [1.29, 1.82) is 0 Å². The molecule has 0 heterocycles. The van der Waals surface area contributed by atoms with Gasteiger partial charge in [-0.2, -0.15) is 0 Å². The summed E-state index contributed by atoms with van der Waals surface area (Å²) in [5.74, 6) is -0.282. The molecule has 1 amide bonds. The first-order valence-corrected chi connectivity index (χ1v) is 3.94. The summed E-state index contributed by atoms with van der Waals surface area (Å²) in [5.41, 5.74) is 4.84. The lowest BCUT2D eigenvalue weighted by atomic mass is 10.2. The molecule has 1 aliphatic rings. The van der Waals surface area contributed by atoms with E-state index < -0.39 is 11.6 Å². The van der Waals surface area contributed by atoms with E-state index in [2.05, 4.69) is 5.32 Å². The number of carbonyl (C=O) groups is 1. The highest BCUT2D eigenvalue weighted by atomic mass is 16.3. The molecule has 5 N–H and O–H groups in total. The Morgan fingerprint density at radius 3 is 2.33 bits per heavy atom.